The summed E-state index contributed by atoms with van der Waals surface area (Å²) in [6.45, 7) is 0. The summed E-state index contributed by atoms with van der Waals surface area (Å²) >= 11 is 0. The summed E-state index contributed by atoms with van der Waals surface area (Å²) in [6.07, 6.45) is 0. The Labute approximate surface area is 144 Å². The number of carbonyl (C=O) groups excluding carboxylic acids is 1. The molecule has 2 aromatic carbocycles. The van der Waals surface area contributed by atoms with Gasteiger partial charge in [-0.05, 0) is 36.4 Å². The van der Waals surface area contributed by atoms with Crippen molar-refractivity contribution in [1.82, 2.24) is 9.78 Å². The molecule has 1 amide bonds. The molecule has 0 spiro atoms. The molecule has 0 saturated heterocycles. The molecule has 1 aromatic heterocycles. The van der Waals surface area contributed by atoms with Gasteiger partial charge in [0, 0.05) is 29.9 Å². The van der Waals surface area contributed by atoms with Gasteiger partial charge in [0.2, 0.25) is 0 Å². The van der Waals surface area contributed by atoms with E-state index in [0.717, 1.165) is 5.56 Å². The molecule has 1 N–H and O–H groups in total. The van der Waals surface area contributed by atoms with Crippen LogP contribution in [-0.4, -0.2) is 22.8 Å². The van der Waals surface area contributed by atoms with Crippen molar-refractivity contribution in [3.8, 4) is 17.0 Å². The van der Waals surface area contributed by atoms with Crippen molar-refractivity contribution < 1.29 is 9.53 Å². The maximum atomic E-state index is 12.3. The molecule has 0 radical (unpaired) electrons. The number of ether oxygens (including phenoxy) is 1. The predicted molar refractivity (Wildman–Crippen MR) is 95.9 cm³/mol. The number of rotatable bonds is 4. The molecule has 1 heterocycles. The van der Waals surface area contributed by atoms with E-state index in [1.54, 1.807) is 56.6 Å². The molecule has 25 heavy (non-hydrogen) atoms. The second-order valence-electron chi connectivity index (χ2n) is 5.44. The van der Waals surface area contributed by atoms with Crippen molar-refractivity contribution in [2.75, 3.05) is 12.4 Å². The van der Waals surface area contributed by atoms with Gasteiger partial charge in [0.25, 0.3) is 11.5 Å². The second-order valence-corrected chi connectivity index (χ2v) is 5.44. The molecule has 0 bridgehead atoms. The molecule has 0 aliphatic heterocycles. The largest absolute Gasteiger partial charge is 0.497 e. The quantitative estimate of drug-likeness (QED) is 0.795. The van der Waals surface area contributed by atoms with Crippen molar-refractivity contribution in [1.29, 1.82) is 0 Å². The first kappa shape index (κ1) is 16.4. The first-order chi connectivity index (χ1) is 12.1. The minimum Gasteiger partial charge on any atom is -0.497 e. The average molecular weight is 335 g/mol. The van der Waals surface area contributed by atoms with Gasteiger partial charge < -0.3 is 10.1 Å². The highest BCUT2D eigenvalue weighted by Gasteiger charge is 2.08. The standard InChI is InChI=1S/C19H17N3O3/c1-22-18(23)11-10-17(21-22)13-6-8-15(9-7-13)20-19(24)14-4-3-5-16(12-14)25-2/h3-12H,1-2H3,(H,20,24). The summed E-state index contributed by atoms with van der Waals surface area (Å²) in [6, 6.07) is 17.4. The van der Waals surface area contributed by atoms with Crippen molar-refractivity contribution in [3.63, 3.8) is 0 Å². The topological polar surface area (TPSA) is 73.2 Å². The first-order valence-electron chi connectivity index (χ1n) is 7.67. The lowest BCUT2D eigenvalue weighted by molar-refractivity contribution is 0.102. The Morgan fingerprint density at radius 3 is 2.52 bits per heavy atom. The molecule has 6 heteroatoms. The summed E-state index contributed by atoms with van der Waals surface area (Å²) in [5.41, 5.74) is 2.57. The van der Waals surface area contributed by atoms with Crippen molar-refractivity contribution >= 4 is 11.6 Å². The number of aromatic nitrogens is 2. The first-order valence-corrected chi connectivity index (χ1v) is 7.67. The van der Waals surface area contributed by atoms with Crippen LogP contribution in [0.1, 0.15) is 10.4 Å². The lowest BCUT2D eigenvalue weighted by Gasteiger charge is -2.08. The maximum Gasteiger partial charge on any atom is 0.266 e. The smallest absolute Gasteiger partial charge is 0.266 e. The predicted octanol–water partition coefficient (Wildman–Crippen LogP) is 2.71. The third kappa shape index (κ3) is 3.74. The number of methoxy groups -OCH3 is 1. The molecule has 6 nitrogen and oxygen atoms in total. The van der Waals surface area contributed by atoms with Gasteiger partial charge in [-0.3, -0.25) is 9.59 Å². The number of aryl methyl sites for hydroxylation is 1. The minimum absolute atomic E-state index is 0.161. The third-order valence-electron chi connectivity index (χ3n) is 3.73. The van der Waals surface area contributed by atoms with E-state index in [-0.39, 0.29) is 11.5 Å². The molecular weight excluding hydrogens is 318 g/mol. The Balaban J connectivity index is 1.77. The average Bonchev–Trinajstić information content (AvgIpc) is 2.64. The fraction of sp³-hybridized carbons (Fsp3) is 0.105. The maximum absolute atomic E-state index is 12.3. The Hall–Kier alpha value is -3.41. The van der Waals surface area contributed by atoms with Gasteiger partial charge in [-0.15, -0.1) is 0 Å². The Bertz CT molecular complexity index is 962. The zero-order valence-corrected chi connectivity index (χ0v) is 13.9. The van der Waals surface area contributed by atoms with Gasteiger partial charge in [0.05, 0.1) is 12.8 Å². The number of benzene rings is 2. The number of nitrogens with one attached hydrogen (secondary N) is 1. The van der Waals surface area contributed by atoms with Crippen LogP contribution in [0.5, 0.6) is 5.75 Å². The van der Waals surface area contributed by atoms with Gasteiger partial charge in [-0.1, -0.05) is 18.2 Å². The number of nitrogens with zero attached hydrogens (tertiary/aromatic N) is 2. The van der Waals surface area contributed by atoms with Gasteiger partial charge in [0.1, 0.15) is 5.75 Å². The molecule has 0 fully saturated rings. The molecule has 0 aliphatic rings. The van der Waals surface area contributed by atoms with E-state index in [2.05, 4.69) is 10.4 Å². The number of anilines is 1. The number of carbonyl (C=O) groups is 1. The molecule has 3 rings (SSSR count). The molecule has 3 aromatic rings. The lowest BCUT2D eigenvalue weighted by atomic mass is 10.1. The highest BCUT2D eigenvalue weighted by Crippen LogP contribution is 2.19. The molecule has 0 saturated carbocycles. The Morgan fingerprint density at radius 2 is 1.84 bits per heavy atom. The molecule has 0 aliphatic carbocycles. The fourth-order valence-electron chi connectivity index (χ4n) is 2.35. The fourth-order valence-corrected chi connectivity index (χ4v) is 2.35. The monoisotopic (exact) mass is 335 g/mol. The van der Waals surface area contributed by atoms with E-state index in [4.69, 9.17) is 4.74 Å². The van der Waals surface area contributed by atoms with Crippen LogP contribution >= 0.6 is 0 Å². The number of hydrogen-bond acceptors (Lipinski definition) is 4. The zero-order valence-electron chi connectivity index (χ0n) is 13.9. The van der Waals surface area contributed by atoms with E-state index in [1.807, 2.05) is 12.1 Å². The minimum atomic E-state index is -0.216. The summed E-state index contributed by atoms with van der Waals surface area (Å²) in [5.74, 6) is 0.413. The zero-order chi connectivity index (χ0) is 17.8. The Morgan fingerprint density at radius 1 is 1.08 bits per heavy atom. The number of amides is 1. The van der Waals surface area contributed by atoms with Crippen molar-refractivity contribution in [2.24, 2.45) is 7.05 Å². The van der Waals surface area contributed by atoms with Crippen LogP contribution in [-0.2, 0) is 7.05 Å². The van der Waals surface area contributed by atoms with Crippen molar-refractivity contribution in [3.05, 3.63) is 76.6 Å². The summed E-state index contributed by atoms with van der Waals surface area (Å²) in [7, 11) is 3.16. The Kier molecular flexibility index (Phi) is 4.61. The highest BCUT2D eigenvalue weighted by molar-refractivity contribution is 6.04. The van der Waals surface area contributed by atoms with E-state index in [1.165, 1.54) is 10.7 Å². The van der Waals surface area contributed by atoms with Gasteiger partial charge in [-0.25, -0.2) is 4.68 Å². The van der Waals surface area contributed by atoms with Gasteiger partial charge >= 0.3 is 0 Å². The van der Waals surface area contributed by atoms with Crippen molar-refractivity contribution in [2.45, 2.75) is 0 Å². The van der Waals surface area contributed by atoms with Crippen LogP contribution in [0.2, 0.25) is 0 Å². The molecule has 126 valence electrons. The van der Waals surface area contributed by atoms with E-state index in [9.17, 15) is 9.59 Å². The van der Waals surface area contributed by atoms with Crippen LogP contribution in [0.25, 0.3) is 11.3 Å². The summed E-state index contributed by atoms with van der Waals surface area (Å²) in [4.78, 5) is 23.7. The van der Waals surface area contributed by atoms with E-state index < -0.39 is 0 Å². The van der Waals surface area contributed by atoms with Crippen LogP contribution in [0, 0.1) is 0 Å². The normalized spacial score (nSPS) is 10.3. The number of hydrogen-bond donors (Lipinski definition) is 1. The summed E-state index contributed by atoms with van der Waals surface area (Å²) < 4.78 is 6.41. The van der Waals surface area contributed by atoms with Crippen LogP contribution in [0.3, 0.4) is 0 Å². The van der Waals surface area contributed by atoms with Crippen LogP contribution in [0.4, 0.5) is 5.69 Å². The van der Waals surface area contributed by atoms with Gasteiger partial charge in [-0.2, -0.15) is 5.10 Å². The second kappa shape index (κ2) is 7.00. The van der Waals surface area contributed by atoms with Crippen LogP contribution in [0.15, 0.2) is 65.5 Å². The third-order valence-corrected chi connectivity index (χ3v) is 3.73. The molecule has 0 atom stereocenters. The summed E-state index contributed by atoms with van der Waals surface area (Å²) in [5, 5.41) is 7.04. The van der Waals surface area contributed by atoms with Gasteiger partial charge in [0.15, 0.2) is 0 Å². The SMILES string of the molecule is COc1cccc(C(=O)Nc2ccc(-c3ccc(=O)n(C)n3)cc2)c1. The molecular formula is C19H17N3O3. The lowest BCUT2D eigenvalue weighted by Crippen LogP contribution is -2.18. The van der Waals surface area contributed by atoms with Crippen LogP contribution < -0.4 is 15.6 Å². The highest BCUT2D eigenvalue weighted by atomic mass is 16.5. The van der Waals surface area contributed by atoms with E-state index in [0.29, 0.717) is 22.7 Å². The molecule has 0 unspecified atom stereocenters. The van der Waals surface area contributed by atoms with E-state index >= 15 is 0 Å².